The summed E-state index contributed by atoms with van der Waals surface area (Å²) in [4.78, 5) is 72.4. The maximum atomic E-state index is 13.0. The maximum Gasteiger partial charge on any atom is 0.472 e. The topological polar surface area (TPSA) is 237 Å². The Bertz CT molecular complexity index is 1710. The summed E-state index contributed by atoms with van der Waals surface area (Å²) in [5, 5.41) is 10.6. The Morgan fingerprint density at radius 2 is 0.545 bits per heavy atom. The van der Waals surface area contributed by atoms with Crippen LogP contribution in [0.2, 0.25) is 0 Å². The van der Waals surface area contributed by atoms with Gasteiger partial charge < -0.3 is 33.8 Å². The van der Waals surface area contributed by atoms with Crippen molar-refractivity contribution in [2.45, 2.75) is 374 Å². The van der Waals surface area contributed by atoms with Gasteiger partial charge >= 0.3 is 39.5 Å². The summed E-state index contributed by atoms with van der Waals surface area (Å²) in [6.07, 6.45) is 48.4. The zero-order valence-corrected chi connectivity index (χ0v) is 58.6. The highest BCUT2D eigenvalue weighted by Crippen LogP contribution is 2.45. The van der Waals surface area contributed by atoms with Crippen molar-refractivity contribution in [3.8, 4) is 0 Å². The Labute approximate surface area is 537 Å². The monoisotopic (exact) mass is 1300 g/mol. The van der Waals surface area contributed by atoms with Crippen molar-refractivity contribution in [3.05, 3.63) is 0 Å². The third-order valence-corrected chi connectivity index (χ3v) is 18.3. The molecule has 0 rings (SSSR count). The van der Waals surface area contributed by atoms with Gasteiger partial charge in [0.15, 0.2) is 12.2 Å². The third-order valence-electron chi connectivity index (χ3n) is 16.4. The van der Waals surface area contributed by atoms with E-state index in [-0.39, 0.29) is 25.7 Å². The quantitative estimate of drug-likeness (QED) is 0.0222. The molecule has 0 amide bonds. The summed E-state index contributed by atoms with van der Waals surface area (Å²) in [5.41, 5.74) is 0. The average Bonchev–Trinajstić information content (AvgIpc) is 3.72. The van der Waals surface area contributed by atoms with Gasteiger partial charge in [0.1, 0.15) is 19.3 Å². The number of hydrogen-bond donors (Lipinski definition) is 3. The van der Waals surface area contributed by atoms with Crippen molar-refractivity contribution >= 4 is 39.5 Å². The van der Waals surface area contributed by atoms with Crippen LogP contribution in [0.25, 0.3) is 0 Å². The van der Waals surface area contributed by atoms with E-state index in [0.717, 1.165) is 102 Å². The molecule has 3 unspecified atom stereocenters. The lowest BCUT2D eigenvalue weighted by atomic mass is 9.99. The highest BCUT2D eigenvalue weighted by Gasteiger charge is 2.30. The van der Waals surface area contributed by atoms with Crippen LogP contribution in [-0.4, -0.2) is 96.7 Å². The van der Waals surface area contributed by atoms with Crippen LogP contribution in [0.3, 0.4) is 0 Å². The van der Waals surface area contributed by atoms with Crippen LogP contribution in [0.1, 0.15) is 356 Å². The second-order valence-electron chi connectivity index (χ2n) is 25.2. The number of carbonyl (C=O) groups is 4. The molecular formula is C69H134O17P2. The summed E-state index contributed by atoms with van der Waals surface area (Å²) in [5.74, 6) is -1.31. The highest BCUT2D eigenvalue weighted by atomic mass is 31.2. The maximum absolute atomic E-state index is 13.0. The first-order valence-corrected chi connectivity index (χ1v) is 39.2. The zero-order valence-electron chi connectivity index (χ0n) is 56.9. The lowest BCUT2D eigenvalue weighted by Crippen LogP contribution is -2.30. The van der Waals surface area contributed by atoms with Crippen LogP contribution in [0.15, 0.2) is 0 Å². The van der Waals surface area contributed by atoms with Crippen molar-refractivity contribution in [1.29, 1.82) is 0 Å². The normalized spacial score (nSPS) is 14.4. The molecule has 0 aliphatic carbocycles. The van der Waals surface area contributed by atoms with Crippen molar-refractivity contribution in [1.82, 2.24) is 0 Å². The molecule has 522 valence electrons. The van der Waals surface area contributed by atoms with Gasteiger partial charge in [0.25, 0.3) is 0 Å². The number of phosphoric acid groups is 2. The van der Waals surface area contributed by atoms with E-state index in [0.29, 0.717) is 25.7 Å². The average molecular weight is 1300 g/mol. The lowest BCUT2D eigenvalue weighted by Gasteiger charge is -2.21. The Kier molecular flexibility index (Phi) is 61.1. The Morgan fingerprint density at radius 3 is 0.807 bits per heavy atom. The summed E-state index contributed by atoms with van der Waals surface area (Å²) >= 11 is 0. The van der Waals surface area contributed by atoms with E-state index in [2.05, 4.69) is 34.6 Å². The van der Waals surface area contributed by atoms with Gasteiger partial charge in [-0.15, -0.1) is 0 Å². The predicted molar refractivity (Wildman–Crippen MR) is 354 cm³/mol. The van der Waals surface area contributed by atoms with Crippen molar-refractivity contribution < 1.29 is 80.2 Å². The van der Waals surface area contributed by atoms with E-state index in [1.807, 2.05) is 0 Å². The summed E-state index contributed by atoms with van der Waals surface area (Å²) < 4.78 is 68.2. The number of hydrogen-bond acceptors (Lipinski definition) is 15. The SMILES string of the molecule is CCCCCCCCCCCCCCCCCC(=O)O[C@H](COC(=O)CCCCCCCCCCCCC(C)CC)COP(=O)(O)OC[C@@H](O)COP(=O)(O)OC[C@@H](COC(=O)CCCCCCCCCC)OC(=O)CCCCCCCCCCCCC. The summed E-state index contributed by atoms with van der Waals surface area (Å²) in [7, 11) is -9.89. The molecule has 0 bridgehead atoms. The smallest absolute Gasteiger partial charge is 0.462 e. The molecule has 0 saturated heterocycles. The fraction of sp³-hybridized carbons (Fsp3) is 0.942. The number of rotatable bonds is 69. The van der Waals surface area contributed by atoms with Gasteiger partial charge in [-0.2, -0.15) is 0 Å². The van der Waals surface area contributed by atoms with Crippen LogP contribution in [0.5, 0.6) is 0 Å². The van der Waals surface area contributed by atoms with Crippen molar-refractivity contribution in [2.75, 3.05) is 39.6 Å². The van der Waals surface area contributed by atoms with Crippen LogP contribution >= 0.6 is 15.6 Å². The zero-order chi connectivity index (χ0) is 64.9. The third kappa shape index (κ3) is 61.6. The van der Waals surface area contributed by atoms with Gasteiger partial charge in [0.2, 0.25) is 0 Å². The molecule has 0 aliphatic rings. The van der Waals surface area contributed by atoms with E-state index in [1.54, 1.807) is 0 Å². The number of ether oxygens (including phenoxy) is 4. The molecule has 6 atom stereocenters. The molecule has 0 saturated carbocycles. The molecule has 0 aromatic heterocycles. The first-order chi connectivity index (χ1) is 42.6. The van der Waals surface area contributed by atoms with Crippen molar-refractivity contribution in [3.63, 3.8) is 0 Å². The number of phosphoric ester groups is 2. The second kappa shape index (κ2) is 62.5. The van der Waals surface area contributed by atoms with E-state index in [1.165, 1.54) is 173 Å². The van der Waals surface area contributed by atoms with E-state index < -0.39 is 97.5 Å². The standard InChI is InChI=1S/C69H134O17P2/c1-6-10-13-16-19-22-24-25-26-27-29-35-40-45-50-55-69(74)86-65(59-80-67(72)53-48-43-38-33-31-30-32-36-41-46-51-62(5)9-4)61-84-88(77,78)82-57-63(70)56-81-87(75,76)83-60-64(58-79-66(71)52-47-42-37-21-18-15-12-8-3)85-68(73)54-49-44-39-34-28-23-20-17-14-11-7-2/h62-65,70H,6-61H2,1-5H3,(H,75,76)(H,77,78)/t62?,63-,64+,65+/m0/s1. The molecule has 17 nitrogen and oxygen atoms in total. The highest BCUT2D eigenvalue weighted by molar-refractivity contribution is 7.47. The van der Waals surface area contributed by atoms with Gasteiger partial charge in [-0.1, -0.05) is 304 Å². The molecule has 0 aromatic carbocycles. The first kappa shape index (κ1) is 86.1. The molecule has 0 aromatic rings. The Hall–Kier alpha value is -1.94. The Morgan fingerprint density at radius 1 is 0.318 bits per heavy atom. The first-order valence-electron chi connectivity index (χ1n) is 36.2. The molecule has 0 spiro atoms. The van der Waals surface area contributed by atoms with Gasteiger partial charge in [0.05, 0.1) is 26.4 Å². The van der Waals surface area contributed by atoms with Crippen LogP contribution < -0.4 is 0 Å². The second-order valence-corrected chi connectivity index (χ2v) is 28.1. The van der Waals surface area contributed by atoms with Crippen LogP contribution in [0, 0.1) is 5.92 Å². The predicted octanol–water partition coefficient (Wildman–Crippen LogP) is 19.7. The number of esters is 4. The molecular weight excluding hydrogens is 1160 g/mol. The fourth-order valence-electron chi connectivity index (χ4n) is 10.4. The van der Waals surface area contributed by atoms with Gasteiger partial charge in [-0.3, -0.25) is 37.3 Å². The lowest BCUT2D eigenvalue weighted by molar-refractivity contribution is -0.161. The minimum absolute atomic E-state index is 0.107. The molecule has 3 N–H and O–H groups in total. The van der Waals surface area contributed by atoms with Crippen LogP contribution in [0.4, 0.5) is 0 Å². The number of aliphatic hydroxyl groups is 1. The van der Waals surface area contributed by atoms with Gasteiger partial charge in [-0.05, 0) is 31.6 Å². The van der Waals surface area contributed by atoms with E-state index in [4.69, 9.17) is 37.0 Å². The van der Waals surface area contributed by atoms with Gasteiger partial charge in [-0.25, -0.2) is 9.13 Å². The van der Waals surface area contributed by atoms with Gasteiger partial charge in [0, 0.05) is 25.7 Å². The summed E-state index contributed by atoms with van der Waals surface area (Å²) in [6.45, 7) is 7.24. The summed E-state index contributed by atoms with van der Waals surface area (Å²) in [6, 6.07) is 0. The van der Waals surface area contributed by atoms with E-state index in [9.17, 15) is 43.2 Å². The molecule has 0 fully saturated rings. The molecule has 0 radical (unpaired) electrons. The Balaban J connectivity index is 5.23. The van der Waals surface area contributed by atoms with Crippen LogP contribution in [-0.2, 0) is 65.4 Å². The minimum Gasteiger partial charge on any atom is -0.462 e. The number of carbonyl (C=O) groups excluding carboxylic acids is 4. The fourth-order valence-corrected chi connectivity index (χ4v) is 12.0. The van der Waals surface area contributed by atoms with E-state index >= 15 is 0 Å². The number of aliphatic hydroxyl groups excluding tert-OH is 1. The molecule has 19 heteroatoms. The molecule has 88 heavy (non-hydrogen) atoms. The molecule has 0 aliphatic heterocycles. The largest absolute Gasteiger partial charge is 0.472 e. The minimum atomic E-state index is -4.95. The molecule has 0 heterocycles. The van der Waals surface area contributed by atoms with Crippen molar-refractivity contribution in [2.24, 2.45) is 5.92 Å². The number of unbranched alkanes of at least 4 members (excludes halogenated alkanes) is 40.